The molecule has 12 rings (SSSR count). The number of furan rings is 1. The van der Waals surface area contributed by atoms with Gasteiger partial charge < -0.3 is 9.32 Å². The smallest absolute Gasteiger partial charge is 0.143 e. The maximum absolute atomic E-state index is 6.48. The molecule has 0 bridgehead atoms. The van der Waals surface area contributed by atoms with E-state index in [0.717, 1.165) is 50.1 Å². The summed E-state index contributed by atoms with van der Waals surface area (Å²) in [6.07, 6.45) is 0. The molecule has 0 aliphatic heterocycles. The van der Waals surface area contributed by atoms with Gasteiger partial charge in [-0.2, -0.15) is 0 Å². The van der Waals surface area contributed by atoms with Crippen LogP contribution in [-0.4, -0.2) is 0 Å². The van der Waals surface area contributed by atoms with Crippen molar-refractivity contribution in [1.29, 1.82) is 0 Å². The lowest BCUT2D eigenvalue weighted by molar-refractivity contribution is 0.652. The van der Waals surface area contributed by atoms with Crippen molar-refractivity contribution >= 4 is 39.0 Å². The van der Waals surface area contributed by atoms with E-state index in [2.05, 4.69) is 227 Å². The molecule has 0 N–H and O–H groups in total. The molecule has 2 nitrogen and oxygen atoms in total. The number of rotatable bonds is 6. The molecule has 0 amide bonds. The van der Waals surface area contributed by atoms with Gasteiger partial charge in [-0.3, -0.25) is 0 Å². The highest BCUT2D eigenvalue weighted by Gasteiger charge is 2.42. The number of anilines is 3. The van der Waals surface area contributed by atoms with Crippen LogP contribution in [0.3, 0.4) is 0 Å². The van der Waals surface area contributed by atoms with E-state index in [1.807, 2.05) is 6.07 Å². The summed E-state index contributed by atoms with van der Waals surface area (Å²) in [7, 11) is 0. The lowest BCUT2D eigenvalue weighted by Gasteiger charge is -2.30. The first-order valence-electron chi connectivity index (χ1n) is 21.8. The third-order valence-electron chi connectivity index (χ3n) is 13.9. The van der Waals surface area contributed by atoms with Crippen molar-refractivity contribution in [3.05, 3.63) is 222 Å². The molecule has 10 aromatic rings. The first-order valence-corrected chi connectivity index (χ1v) is 21.8. The summed E-state index contributed by atoms with van der Waals surface area (Å²) in [5.74, 6) is 0. The van der Waals surface area contributed by atoms with Crippen LogP contribution in [0.1, 0.15) is 49.9 Å². The van der Waals surface area contributed by atoms with Gasteiger partial charge in [-0.1, -0.05) is 179 Å². The van der Waals surface area contributed by atoms with E-state index >= 15 is 0 Å². The van der Waals surface area contributed by atoms with Gasteiger partial charge in [0, 0.05) is 44.1 Å². The minimum atomic E-state index is -0.232. The van der Waals surface area contributed by atoms with Crippen molar-refractivity contribution in [2.24, 2.45) is 0 Å². The summed E-state index contributed by atoms with van der Waals surface area (Å²) in [4.78, 5) is 2.44. The van der Waals surface area contributed by atoms with Gasteiger partial charge in [0.05, 0.1) is 5.69 Å². The number of para-hydroxylation sites is 3. The molecule has 296 valence electrons. The Morgan fingerprint density at radius 1 is 0.355 bits per heavy atom. The van der Waals surface area contributed by atoms with Crippen molar-refractivity contribution in [2.45, 2.75) is 38.5 Å². The normalized spacial score (nSPS) is 14.1. The monoisotopic (exact) mass is 795 g/mol. The first kappa shape index (κ1) is 36.4. The summed E-state index contributed by atoms with van der Waals surface area (Å²) >= 11 is 0. The maximum Gasteiger partial charge on any atom is 0.143 e. The molecular weight excluding hydrogens is 751 g/mol. The van der Waals surface area contributed by atoms with Gasteiger partial charge in [0.25, 0.3) is 0 Å². The number of hydrogen-bond acceptors (Lipinski definition) is 2. The Morgan fingerprint density at radius 3 is 1.69 bits per heavy atom. The molecular formula is C60H45NO. The fourth-order valence-corrected chi connectivity index (χ4v) is 10.7. The van der Waals surface area contributed by atoms with Gasteiger partial charge >= 0.3 is 0 Å². The minimum Gasteiger partial charge on any atom is -0.455 e. The minimum absolute atomic E-state index is 0.128. The second-order valence-corrected chi connectivity index (χ2v) is 18.1. The second kappa shape index (κ2) is 13.5. The highest BCUT2D eigenvalue weighted by molar-refractivity contribution is 6.09. The molecule has 0 saturated heterocycles. The predicted molar refractivity (Wildman–Crippen MR) is 260 cm³/mol. The number of benzene rings is 9. The van der Waals surface area contributed by atoms with Crippen LogP contribution in [-0.2, 0) is 10.8 Å². The largest absolute Gasteiger partial charge is 0.455 e. The molecule has 9 aromatic carbocycles. The fourth-order valence-electron chi connectivity index (χ4n) is 10.7. The average molecular weight is 796 g/mol. The van der Waals surface area contributed by atoms with Crippen molar-refractivity contribution in [3.63, 3.8) is 0 Å². The predicted octanol–water partition coefficient (Wildman–Crippen LogP) is 16.7. The van der Waals surface area contributed by atoms with Crippen LogP contribution >= 0.6 is 0 Å². The molecule has 2 heteroatoms. The second-order valence-electron chi connectivity index (χ2n) is 18.1. The maximum atomic E-state index is 6.48. The van der Waals surface area contributed by atoms with E-state index in [0.29, 0.717) is 0 Å². The summed E-state index contributed by atoms with van der Waals surface area (Å²) in [5.41, 5.74) is 22.9. The lowest BCUT2D eigenvalue weighted by Crippen LogP contribution is -2.17. The molecule has 0 spiro atoms. The summed E-state index contributed by atoms with van der Waals surface area (Å²) < 4.78 is 6.48. The molecule has 2 aliphatic carbocycles. The molecule has 0 unspecified atom stereocenters. The Kier molecular flexibility index (Phi) is 7.96. The van der Waals surface area contributed by atoms with E-state index in [1.54, 1.807) is 0 Å². The molecule has 0 atom stereocenters. The number of fused-ring (bicyclic) bond motifs is 9. The molecule has 62 heavy (non-hydrogen) atoms. The van der Waals surface area contributed by atoms with Gasteiger partial charge in [-0.25, -0.2) is 0 Å². The molecule has 0 saturated carbocycles. The van der Waals surface area contributed by atoms with Gasteiger partial charge in [-0.05, 0) is 115 Å². The quantitative estimate of drug-likeness (QED) is 0.167. The third kappa shape index (κ3) is 5.36. The summed E-state index contributed by atoms with van der Waals surface area (Å²) in [6.45, 7) is 9.61. The SMILES string of the molecule is CC1(C)c2cc(N(c3ccc(-c4cccc5c4oc4ccccc45)cc3)c3ccccc3-c3ccccc3)ccc2-c2cc3c(cc21)-c1c(-c2ccccc2)cccc1C3(C)C. The fraction of sp³-hybridized carbons (Fsp3) is 0.100. The average Bonchev–Trinajstić information content (AvgIpc) is 3.89. The Morgan fingerprint density at radius 2 is 0.903 bits per heavy atom. The molecule has 2 aliphatic rings. The van der Waals surface area contributed by atoms with Crippen LogP contribution < -0.4 is 4.90 Å². The molecule has 1 aromatic heterocycles. The van der Waals surface area contributed by atoms with Gasteiger partial charge in [-0.15, -0.1) is 0 Å². The zero-order valence-corrected chi connectivity index (χ0v) is 35.4. The van der Waals surface area contributed by atoms with E-state index < -0.39 is 0 Å². The molecule has 0 radical (unpaired) electrons. The summed E-state index contributed by atoms with van der Waals surface area (Å²) in [6, 6.07) is 73.3. The lowest BCUT2D eigenvalue weighted by atomic mass is 9.79. The van der Waals surface area contributed by atoms with E-state index in [1.165, 1.54) is 66.8 Å². The number of hydrogen-bond donors (Lipinski definition) is 0. The Labute approximate surface area is 363 Å². The first-order chi connectivity index (χ1) is 30.3. The van der Waals surface area contributed by atoms with E-state index in [9.17, 15) is 0 Å². The third-order valence-corrected chi connectivity index (χ3v) is 13.9. The van der Waals surface area contributed by atoms with Crippen molar-refractivity contribution in [1.82, 2.24) is 0 Å². The Bertz CT molecular complexity index is 3390. The van der Waals surface area contributed by atoms with Crippen LogP contribution in [0.5, 0.6) is 0 Å². The van der Waals surface area contributed by atoms with Crippen molar-refractivity contribution in [3.8, 4) is 55.6 Å². The zero-order chi connectivity index (χ0) is 41.7. The number of nitrogens with zero attached hydrogens (tertiary/aromatic N) is 1. The van der Waals surface area contributed by atoms with Crippen molar-refractivity contribution in [2.75, 3.05) is 4.90 Å². The highest BCUT2D eigenvalue weighted by atomic mass is 16.3. The Balaban J connectivity index is 1.00. The van der Waals surface area contributed by atoms with Gasteiger partial charge in [0.1, 0.15) is 11.2 Å². The van der Waals surface area contributed by atoms with Crippen LogP contribution in [0.2, 0.25) is 0 Å². The van der Waals surface area contributed by atoms with E-state index in [4.69, 9.17) is 4.42 Å². The topological polar surface area (TPSA) is 16.4 Å². The van der Waals surface area contributed by atoms with Crippen LogP contribution in [0, 0.1) is 0 Å². The van der Waals surface area contributed by atoms with Crippen molar-refractivity contribution < 1.29 is 4.42 Å². The van der Waals surface area contributed by atoms with Gasteiger partial charge in [0.2, 0.25) is 0 Å². The standard InChI is InChI=1S/C60H45NO/c1-59(2)51-26-16-23-44(39-19-9-6-10-20-39)57(51)50-37-53-49(36-54(50)59)46-34-33-42(35-52(46)60(53,3)4)61(55-27-13-11-21-43(55)38-17-7-5-8-18-38)41-31-29-40(30-32-41)45-24-15-25-48-47-22-12-14-28-56(47)62-58(45)48/h5-37H,1-4H3. The van der Waals surface area contributed by atoms with Crippen LogP contribution in [0.4, 0.5) is 17.1 Å². The van der Waals surface area contributed by atoms with Crippen LogP contribution in [0.15, 0.2) is 205 Å². The Hall–Kier alpha value is -7.42. The van der Waals surface area contributed by atoms with Crippen LogP contribution in [0.25, 0.3) is 77.6 Å². The molecule has 1 heterocycles. The van der Waals surface area contributed by atoms with Gasteiger partial charge in [0.15, 0.2) is 0 Å². The summed E-state index contributed by atoms with van der Waals surface area (Å²) in [5, 5.41) is 2.28. The highest BCUT2D eigenvalue weighted by Crippen LogP contribution is 2.58. The molecule has 0 fully saturated rings. The van der Waals surface area contributed by atoms with E-state index in [-0.39, 0.29) is 10.8 Å². The zero-order valence-electron chi connectivity index (χ0n) is 35.4.